The normalized spacial score (nSPS) is 15.2. The van der Waals surface area contributed by atoms with Crippen LogP contribution >= 0.6 is 22.9 Å². The van der Waals surface area contributed by atoms with Crippen molar-refractivity contribution in [2.24, 2.45) is 0 Å². The highest BCUT2D eigenvalue weighted by Gasteiger charge is 2.13. The first kappa shape index (κ1) is 15.6. The van der Waals surface area contributed by atoms with Crippen molar-refractivity contribution in [3.63, 3.8) is 0 Å². The molecule has 1 aromatic heterocycles. The minimum atomic E-state index is -0.0176. The average molecular weight is 338 g/mol. The van der Waals surface area contributed by atoms with Gasteiger partial charge in [-0.25, -0.2) is 4.98 Å². The summed E-state index contributed by atoms with van der Waals surface area (Å²) >= 11 is 7.14. The molecule has 0 spiro atoms. The number of anilines is 2. The molecule has 0 unspecified atom stereocenters. The molecular formula is C16H20ClN3OS. The lowest BCUT2D eigenvalue weighted by atomic mass is 10.1. The van der Waals surface area contributed by atoms with E-state index in [9.17, 15) is 4.79 Å². The van der Waals surface area contributed by atoms with Gasteiger partial charge < -0.3 is 10.2 Å². The second-order valence-electron chi connectivity index (χ2n) is 5.56. The van der Waals surface area contributed by atoms with Crippen LogP contribution in [0.15, 0.2) is 18.2 Å². The van der Waals surface area contributed by atoms with E-state index >= 15 is 0 Å². The summed E-state index contributed by atoms with van der Waals surface area (Å²) in [5.41, 5.74) is 2.20. The Morgan fingerprint density at radius 2 is 2.14 bits per heavy atom. The third-order valence-corrected chi connectivity index (χ3v) is 5.08. The lowest BCUT2D eigenvalue weighted by Crippen LogP contribution is -2.29. The zero-order chi connectivity index (χ0) is 15.4. The van der Waals surface area contributed by atoms with Crippen LogP contribution in [0.4, 0.5) is 10.8 Å². The average Bonchev–Trinajstić information content (AvgIpc) is 2.95. The molecule has 2 heterocycles. The van der Waals surface area contributed by atoms with E-state index in [1.165, 1.54) is 36.3 Å². The van der Waals surface area contributed by atoms with Crippen molar-refractivity contribution in [2.45, 2.75) is 32.1 Å². The van der Waals surface area contributed by atoms with Crippen LogP contribution in [0.1, 0.15) is 32.1 Å². The van der Waals surface area contributed by atoms with E-state index in [0.717, 1.165) is 23.3 Å². The van der Waals surface area contributed by atoms with Crippen LogP contribution in [-0.4, -0.2) is 29.9 Å². The molecule has 1 amide bonds. The summed E-state index contributed by atoms with van der Waals surface area (Å²) in [5, 5.41) is 3.53. The summed E-state index contributed by atoms with van der Waals surface area (Å²) in [6.07, 6.45) is 5.00. The fourth-order valence-electron chi connectivity index (χ4n) is 2.72. The molecule has 1 aliphatic heterocycles. The van der Waals surface area contributed by atoms with Gasteiger partial charge in [0.1, 0.15) is 0 Å². The maximum Gasteiger partial charge on any atom is 0.226 e. The van der Waals surface area contributed by atoms with Crippen LogP contribution in [0.2, 0.25) is 0 Å². The number of nitrogens with zero attached hydrogens (tertiary/aromatic N) is 2. The molecule has 0 bridgehead atoms. The van der Waals surface area contributed by atoms with Crippen molar-refractivity contribution >= 4 is 49.9 Å². The molecule has 1 N–H and O–H groups in total. The molecular weight excluding hydrogens is 318 g/mol. The number of benzene rings is 1. The third-order valence-electron chi connectivity index (χ3n) is 3.88. The van der Waals surface area contributed by atoms with Crippen molar-refractivity contribution in [3.8, 4) is 0 Å². The van der Waals surface area contributed by atoms with Crippen LogP contribution in [0.5, 0.6) is 0 Å². The van der Waals surface area contributed by atoms with Gasteiger partial charge in [0.25, 0.3) is 0 Å². The van der Waals surface area contributed by atoms with Crippen LogP contribution < -0.4 is 10.2 Å². The molecule has 0 saturated carbocycles. The summed E-state index contributed by atoms with van der Waals surface area (Å²) in [4.78, 5) is 18.7. The van der Waals surface area contributed by atoms with Gasteiger partial charge in [0.15, 0.2) is 5.13 Å². The highest BCUT2D eigenvalue weighted by atomic mass is 35.5. The SMILES string of the molecule is O=C(CCCCl)Nc1nc2ccc(N3CCCCC3)cc2s1. The molecule has 0 aliphatic carbocycles. The van der Waals surface area contributed by atoms with Gasteiger partial charge >= 0.3 is 0 Å². The topological polar surface area (TPSA) is 45.2 Å². The van der Waals surface area contributed by atoms with Crippen molar-refractivity contribution in [2.75, 3.05) is 29.2 Å². The summed E-state index contributed by atoms with van der Waals surface area (Å²) in [7, 11) is 0. The summed E-state index contributed by atoms with van der Waals surface area (Å²) < 4.78 is 1.12. The molecule has 6 heteroatoms. The second-order valence-corrected chi connectivity index (χ2v) is 6.97. The number of alkyl halides is 1. The predicted molar refractivity (Wildman–Crippen MR) is 94.3 cm³/mol. The number of carbonyl (C=O) groups is 1. The molecule has 1 aromatic carbocycles. The van der Waals surface area contributed by atoms with Crippen molar-refractivity contribution in [1.82, 2.24) is 4.98 Å². The minimum Gasteiger partial charge on any atom is -0.371 e. The molecule has 1 fully saturated rings. The van der Waals surface area contributed by atoms with Gasteiger partial charge in [-0.3, -0.25) is 4.79 Å². The van der Waals surface area contributed by atoms with E-state index in [0.29, 0.717) is 23.9 Å². The van der Waals surface area contributed by atoms with Gasteiger partial charge in [-0.1, -0.05) is 11.3 Å². The molecule has 0 radical (unpaired) electrons. The standard InChI is InChI=1S/C16H20ClN3OS/c17-8-4-5-15(21)19-16-18-13-7-6-12(11-14(13)22-16)20-9-2-1-3-10-20/h6-7,11H,1-5,8-10H2,(H,18,19,21). The quantitative estimate of drug-likeness (QED) is 0.830. The van der Waals surface area contributed by atoms with Crippen molar-refractivity contribution in [3.05, 3.63) is 18.2 Å². The van der Waals surface area contributed by atoms with Gasteiger partial charge in [0.2, 0.25) is 5.91 Å². The molecule has 4 nitrogen and oxygen atoms in total. The van der Waals surface area contributed by atoms with Crippen LogP contribution in [0.3, 0.4) is 0 Å². The van der Waals surface area contributed by atoms with Crippen LogP contribution in [0, 0.1) is 0 Å². The Hall–Kier alpha value is -1.33. The lowest BCUT2D eigenvalue weighted by Gasteiger charge is -2.28. The van der Waals surface area contributed by atoms with E-state index in [2.05, 4.69) is 27.3 Å². The smallest absolute Gasteiger partial charge is 0.226 e. The first-order valence-electron chi connectivity index (χ1n) is 7.77. The van der Waals surface area contributed by atoms with Gasteiger partial charge in [-0.2, -0.15) is 0 Å². The molecule has 1 saturated heterocycles. The number of nitrogens with one attached hydrogen (secondary N) is 1. The number of hydrogen-bond donors (Lipinski definition) is 1. The number of thiazole rings is 1. The van der Waals surface area contributed by atoms with Gasteiger partial charge in [0, 0.05) is 31.1 Å². The summed E-state index contributed by atoms with van der Waals surface area (Å²) in [6.45, 7) is 2.26. The summed E-state index contributed by atoms with van der Waals surface area (Å²) in [5.74, 6) is 0.489. The second kappa shape index (κ2) is 7.29. The highest BCUT2D eigenvalue weighted by Crippen LogP contribution is 2.30. The largest absolute Gasteiger partial charge is 0.371 e. The Labute approximate surface area is 139 Å². The maximum atomic E-state index is 11.8. The monoisotopic (exact) mass is 337 g/mol. The zero-order valence-electron chi connectivity index (χ0n) is 12.5. The number of piperidine rings is 1. The van der Waals surface area contributed by atoms with Crippen molar-refractivity contribution in [1.29, 1.82) is 0 Å². The molecule has 3 rings (SSSR count). The predicted octanol–water partition coefficient (Wildman–Crippen LogP) is 4.24. The van der Waals surface area contributed by atoms with Gasteiger partial charge in [-0.05, 0) is 43.9 Å². The van der Waals surface area contributed by atoms with Gasteiger partial charge in [0.05, 0.1) is 10.2 Å². The molecule has 2 aromatic rings. The Morgan fingerprint density at radius 3 is 2.91 bits per heavy atom. The van der Waals surface area contributed by atoms with E-state index < -0.39 is 0 Å². The number of rotatable bonds is 5. The highest BCUT2D eigenvalue weighted by molar-refractivity contribution is 7.22. The number of hydrogen-bond acceptors (Lipinski definition) is 4. The summed E-state index contributed by atoms with van der Waals surface area (Å²) in [6, 6.07) is 6.36. The lowest BCUT2D eigenvalue weighted by molar-refractivity contribution is -0.116. The number of halogens is 1. The van der Waals surface area contributed by atoms with E-state index in [-0.39, 0.29) is 5.91 Å². The minimum absolute atomic E-state index is 0.0176. The van der Waals surface area contributed by atoms with E-state index in [4.69, 9.17) is 11.6 Å². The molecule has 22 heavy (non-hydrogen) atoms. The first-order valence-corrected chi connectivity index (χ1v) is 9.13. The Morgan fingerprint density at radius 1 is 1.32 bits per heavy atom. The number of amides is 1. The fraction of sp³-hybridized carbons (Fsp3) is 0.500. The van der Waals surface area contributed by atoms with Gasteiger partial charge in [-0.15, -0.1) is 11.6 Å². The third kappa shape index (κ3) is 3.70. The van der Waals surface area contributed by atoms with E-state index in [1.807, 2.05) is 6.07 Å². The molecule has 0 atom stereocenters. The Balaban J connectivity index is 1.73. The van der Waals surface area contributed by atoms with E-state index in [1.54, 1.807) is 0 Å². The fourth-order valence-corrected chi connectivity index (χ4v) is 3.77. The van der Waals surface area contributed by atoms with Crippen molar-refractivity contribution < 1.29 is 4.79 Å². The zero-order valence-corrected chi connectivity index (χ0v) is 14.1. The Bertz CT molecular complexity index is 652. The number of carbonyl (C=O) groups excluding carboxylic acids is 1. The molecule has 1 aliphatic rings. The van der Waals surface area contributed by atoms with Crippen LogP contribution in [-0.2, 0) is 4.79 Å². The number of aromatic nitrogens is 1. The maximum absolute atomic E-state index is 11.8. The number of fused-ring (bicyclic) bond motifs is 1. The Kier molecular flexibility index (Phi) is 5.16. The first-order chi connectivity index (χ1) is 10.8. The van der Waals surface area contributed by atoms with Crippen LogP contribution in [0.25, 0.3) is 10.2 Å². The molecule has 118 valence electrons.